The second-order valence-electron chi connectivity index (χ2n) is 25.0. The zero-order valence-corrected chi connectivity index (χ0v) is 54.5. The Balaban J connectivity index is 2.10. The summed E-state index contributed by atoms with van der Waals surface area (Å²) in [5.74, 6) is -0.181. The molecule has 9 nitrogen and oxygen atoms in total. The summed E-state index contributed by atoms with van der Waals surface area (Å²) < 4.78 is 11.3. The van der Waals surface area contributed by atoms with Gasteiger partial charge in [-0.1, -0.05) is 331 Å². The van der Waals surface area contributed by atoms with Gasteiger partial charge < -0.3 is 40.3 Å². The zero-order valence-electron chi connectivity index (χ0n) is 54.5. The van der Waals surface area contributed by atoms with Gasteiger partial charge in [0, 0.05) is 6.42 Å². The third-order valence-corrected chi connectivity index (χ3v) is 17.1. The number of aliphatic hydroxyl groups is 5. The first kappa shape index (κ1) is 78.9. The van der Waals surface area contributed by atoms with Crippen LogP contribution in [0.4, 0.5) is 0 Å². The van der Waals surface area contributed by atoms with E-state index < -0.39 is 49.5 Å². The van der Waals surface area contributed by atoms with E-state index in [1.54, 1.807) is 6.08 Å². The van der Waals surface area contributed by atoms with Crippen LogP contribution in [0.25, 0.3) is 0 Å². The molecule has 0 aliphatic carbocycles. The molecule has 1 saturated heterocycles. The summed E-state index contributed by atoms with van der Waals surface area (Å²) in [5.41, 5.74) is 0. The molecule has 1 rings (SSSR count). The van der Waals surface area contributed by atoms with Crippen LogP contribution in [0.5, 0.6) is 0 Å². The first-order chi connectivity index (χ1) is 40.8. The van der Waals surface area contributed by atoms with Crippen LogP contribution in [0.3, 0.4) is 0 Å². The highest BCUT2D eigenvalue weighted by atomic mass is 16.7. The number of carbonyl (C=O) groups excluding carboxylic acids is 1. The summed E-state index contributed by atoms with van der Waals surface area (Å²) >= 11 is 0. The maximum Gasteiger partial charge on any atom is 0.220 e. The molecule has 0 radical (unpaired) electrons. The summed E-state index contributed by atoms with van der Waals surface area (Å²) in [6, 6.07) is -0.823. The first-order valence-electron chi connectivity index (χ1n) is 36.0. The van der Waals surface area contributed by atoms with Gasteiger partial charge in [-0.05, 0) is 70.6 Å². The molecule has 83 heavy (non-hydrogen) atoms. The van der Waals surface area contributed by atoms with Crippen molar-refractivity contribution in [3.8, 4) is 0 Å². The van der Waals surface area contributed by atoms with Crippen molar-refractivity contribution < 1.29 is 39.8 Å². The summed E-state index contributed by atoms with van der Waals surface area (Å²) in [6.07, 6.45) is 80.5. The second-order valence-corrected chi connectivity index (χ2v) is 25.0. The molecular formula is C74H137NO8. The number of hydrogen-bond donors (Lipinski definition) is 6. The van der Waals surface area contributed by atoms with Crippen molar-refractivity contribution in [3.05, 3.63) is 60.8 Å². The predicted molar refractivity (Wildman–Crippen MR) is 355 cm³/mol. The van der Waals surface area contributed by atoms with Crippen LogP contribution >= 0.6 is 0 Å². The molecule has 0 bridgehead atoms. The molecule has 7 unspecified atom stereocenters. The standard InChI is InChI=1S/C74H137NO8/c1-3-5-7-9-11-13-15-17-19-21-23-25-27-28-29-30-31-32-33-34-35-36-37-38-39-40-42-44-46-48-50-52-54-56-58-60-62-64-70(78)75-67(66-82-74-73(81)72(80)71(79)69(65-76)83-74)68(77)63-61-59-57-55-53-51-49-47-45-43-41-26-24-22-20-18-16-14-12-10-8-6-4-2/h15,17,21,23,27-28,53,55,61,63,67-69,71-74,76-77,79-81H,3-14,16,18-20,22,24-26,29-52,54,56-60,62,64-66H2,1-2H3,(H,75,78)/b17-15-,23-21-,28-27-,55-53+,63-61+. The van der Waals surface area contributed by atoms with E-state index in [0.717, 1.165) is 51.4 Å². The molecular weight excluding hydrogens is 1030 g/mol. The largest absolute Gasteiger partial charge is 0.394 e. The molecule has 9 heteroatoms. The number of unbranched alkanes of at least 4 members (excludes halogenated alkanes) is 45. The normalized spacial score (nSPS) is 18.6. The quantitative estimate of drug-likeness (QED) is 0.0261. The van der Waals surface area contributed by atoms with Gasteiger partial charge in [0.1, 0.15) is 24.4 Å². The van der Waals surface area contributed by atoms with E-state index in [1.807, 2.05) is 6.08 Å². The predicted octanol–water partition coefficient (Wildman–Crippen LogP) is 19.8. The van der Waals surface area contributed by atoms with Crippen LogP contribution in [-0.4, -0.2) is 87.5 Å². The van der Waals surface area contributed by atoms with Crippen molar-refractivity contribution in [3.63, 3.8) is 0 Å². The molecule has 1 fully saturated rings. The van der Waals surface area contributed by atoms with Crippen LogP contribution in [-0.2, 0) is 14.3 Å². The van der Waals surface area contributed by atoms with E-state index in [-0.39, 0.29) is 12.5 Å². The van der Waals surface area contributed by atoms with Crippen LogP contribution in [0.1, 0.15) is 348 Å². The van der Waals surface area contributed by atoms with Gasteiger partial charge in [0.2, 0.25) is 5.91 Å². The van der Waals surface area contributed by atoms with Crippen molar-refractivity contribution in [1.82, 2.24) is 5.32 Å². The number of ether oxygens (including phenoxy) is 2. The van der Waals surface area contributed by atoms with Gasteiger partial charge >= 0.3 is 0 Å². The van der Waals surface area contributed by atoms with Crippen LogP contribution in [0, 0.1) is 0 Å². The molecule has 1 aliphatic heterocycles. The highest BCUT2D eigenvalue weighted by molar-refractivity contribution is 5.76. The Hall–Kier alpha value is -2.11. The molecule has 0 spiro atoms. The number of hydrogen-bond acceptors (Lipinski definition) is 8. The van der Waals surface area contributed by atoms with Crippen LogP contribution < -0.4 is 5.32 Å². The Labute approximate surface area is 513 Å². The minimum absolute atomic E-state index is 0.181. The summed E-state index contributed by atoms with van der Waals surface area (Å²) in [7, 11) is 0. The van der Waals surface area contributed by atoms with E-state index in [0.29, 0.717) is 6.42 Å². The fourth-order valence-corrected chi connectivity index (χ4v) is 11.4. The van der Waals surface area contributed by atoms with Gasteiger partial charge in [-0.2, -0.15) is 0 Å². The molecule has 486 valence electrons. The van der Waals surface area contributed by atoms with Gasteiger partial charge in [-0.3, -0.25) is 4.79 Å². The zero-order chi connectivity index (χ0) is 60.0. The molecule has 1 aliphatic rings. The lowest BCUT2D eigenvalue weighted by atomic mass is 9.99. The van der Waals surface area contributed by atoms with Gasteiger partial charge in [0.15, 0.2) is 6.29 Å². The molecule has 1 heterocycles. The number of amides is 1. The van der Waals surface area contributed by atoms with Crippen molar-refractivity contribution in [2.24, 2.45) is 0 Å². The highest BCUT2D eigenvalue weighted by Gasteiger charge is 2.44. The molecule has 0 aromatic carbocycles. The van der Waals surface area contributed by atoms with E-state index in [9.17, 15) is 30.3 Å². The molecule has 0 aromatic rings. The number of aliphatic hydroxyl groups excluding tert-OH is 5. The fraction of sp³-hybridized carbons (Fsp3) is 0.851. The number of allylic oxidation sites excluding steroid dienone is 9. The molecule has 0 saturated carbocycles. The smallest absolute Gasteiger partial charge is 0.220 e. The molecule has 1 amide bonds. The van der Waals surface area contributed by atoms with E-state index in [1.165, 1.54) is 276 Å². The SMILES string of the molecule is CCCCCCC/C=C\C/C=C\C/C=C\CCCCCCCCCCCCCCCCCCCCCCCCC(=O)NC(COC1OC(CO)C(O)C(O)C1O)C(O)/C=C/CC/C=C/CCCCCCCCCCCCCCCCCCC. The average Bonchev–Trinajstić information content (AvgIpc) is 3.60. The highest BCUT2D eigenvalue weighted by Crippen LogP contribution is 2.23. The number of rotatable bonds is 63. The molecule has 0 aromatic heterocycles. The monoisotopic (exact) mass is 1170 g/mol. The van der Waals surface area contributed by atoms with Crippen molar-refractivity contribution in [2.45, 2.75) is 391 Å². The Morgan fingerprint density at radius 3 is 1.10 bits per heavy atom. The van der Waals surface area contributed by atoms with Crippen LogP contribution in [0.2, 0.25) is 0 Å². The Morgan fingerprint density at radius 2 is 0.723 bits per heavy atom. The fourth-order valence-electron chi connectivity index (χ4n) is 11.4. The van der Waals surface area contributed by atoms with Gasteiger partial charge in [-0.25, -0.2) is 0 Å². The maximum absolute atomic E-state index is 13.1. The Morgan fingerprint density at radius 1 is 0.410 bits per heavy atom. The van der Waals surface area contributed by atoms with Crippen LogP contribution in [0.15, 0.2) is 60.8 Å². The Kier molecular flexibility index (Phi) is 59.8. The lowest BCUT2D eigenvalue weighted by molar-refractivity contribution is -0.302. The summed E-state index contributed by atoms with van der Waals surface area (Å²) in [5, 5.41) is 54.7. The third kappa shape index (κ3) is 51.6. The maximum atomic E-state index is 13.1. The van der Waals surface area contributed by atoms with E-state index in [2.05, 4.69) is 67.8 Å². The third-order valence-electron chi connectivity index (χ3n) is 17.1. The average molecular weight is 1170 g/mol. The first-order valence-corrected chi connectivity index (χ1v) is 36.0. The lowest BCUT2D eigenvalue weighted by Gasteiger charge is -2.40. The summed E-state index contributed by atoms with van der Waals surface area (Å²) in [6.45, 7) is 3.79. The van der Waals surface area contributed by atoms with E-state index in [4.69, 9.17) is 9.47 Å². The lowest BCUT2D eigenvalue weighted by Crippen LogP contribution is -2.60. The second kappa shape index (κ2) is 62.9. The minimum atomic E-state index is -1.57. The van der Waals surface area contributed by atoms with E-state index >= 15 is 0 Å². The Bertz CT molecular complexity index is 1500. The number of nitrogens with one attached hydrogen (secondary N) is 1. The molecule has 7 atom stereocenters. The number of carbonyl (C=O) groups is 1. The van der Waals surface area contributed by atoms with Gasteiger partial charge in [-0.15, -0.1) is 0 Å². The van der Waals surface area contributed by atoms with Crippen molar-refractivity contribution in [1.29, 1.82) is 0 Å². The summed E-state index contributed by atoms with van der Waals surface area (Å²) in [4.78, 5) is 13.1. The van der Waals surface area contributed by atoms with Crippen molar-refractivity contribution in [2.75, 3.05) is 13.2 Å². The van der Waals surface area contributed by atoms with Gasteiger partial charge in [0.05, 0.1) is 25.4 Å². The minimum Gasteiger partial charge on any atom is -0.394 e. The molecule has 6 N–H and O–H groups in total. The van der Waals surface area contributed by atoms with Crippen molar-refractivity contribution >= 4 is 5.91 Å². The van der Waals surface area contributed by atoms with Gasteiger partial charge in [0.25, 0.3) is 0 Å². The topological polar surface area (TPSA) is 149 Å².